The van der Waals surface area contributed by atoms with Crippen LogP contribution in [0, 0.1) is 12.7 Å². The van der Waals surface area contributed by atoms with Crippen molar-refractivity contribution in [1.29, 1.82) is 0 Å². The Morgan fingerprint density at radius 2 is 1.97 bits per heavy atom. The number of para-hydroxylation sites is 1. The highest BCUT2D eigenvalue weighted by atomic mass is 32.2. The molecule has 1 aliphatic rings. The van der Waals surface area contributed by atoms with Crippen LogP contribution in [-0.4, -0.2) is 32.2 Å². The maximum absolute atomic E-state index is 14.5. The number of rotatable bonds is 6. The number of carbonyl (C=O) groups excluding carboxylic acids is 1. The Balaban J connectivity index is 1.96. The lowest BCUT2D eigenvalue weighted by molar-refractivity contribution is -0.123. The molecule has 0 aromatic heterocycles. The van der Waals surface area contributed by atoms with Crippen molar-refractivity contribution >= 4 is 21.6 Å². The summed E-state index contributed by atoms with van der Waals surface area (Å²) in [4.78, 5) is 13.3. The summed E-state index contributed by atoms with van der Waals surface area (Å²) in [6.45, 7) is 7.55. The number of hydrogen-bond donors (Lipinski definition) is 1. The smallest absolute Gasteiger partial charge is 0.244 e. The molecule has 2 aromatic rings. The Morgan fingerprint density at radius 1 is 1.29 bits per heavy atom. The molecule has 0 aliphatic carbocycles. The van der Waals surface area contributed by atoms with Crippen LogP contribution in [0.3, 0.4) is 0 Å². The zero-order chi connectivity index (χ0) is 23.0. The van der Waals surface area contributed by atoms with Crippen molar-refractivity contribution < 1.29 is 22.3 Å². The van der Waals surface area contributed by atoms with Crippen molar-refractivity contribution in [3.8, 4) is 5.75 Å². The van der Waals surface area contributed by atoms with Crippen molar-refractivity contribution in [3.63, 3.8) is 0 Å². The lowest BCUT2D eigenvalue weighted by atomic mass is 9.89. The third kappa shape index (κ3) is 5.01. The highest BCUT2D eigenvalue weighted by molar-refractivity contribution is 7.92. The molecule has 1 aliphatic heterocycles. The fourth-order valence-electron chi connectivity index (χ4n) is 4.02. The van der Waals surface area contributed by atoms with Crippen LogP contribution in [0.25, 0.3) is 0 Å². The van der Waals surface area contributed by atoms with Crippen LogP contribution in [0.5, 0.6) is 5.75 Å². The average Bonchev–Trinajstić information content (AvgIpc) is 2.64. The van der Waals surface area contributed by atoms with Crippen LogP contribution >= 0.6 is 0 Å². The van der Waals surface area contributed by atoms with Gasteiger partial charge in [0.25, 0.3) is 0 Å². The highest BCUT2D eigenvalue weighted by Gasteiger charge is 2.38. The standard InChI is InChI=1S/C23H29FN2O4S/c1-6-19(26(31(5,28)29)20-10-8-7-9-17(20)24)22(27)25-18-14-23(3,4)30-21-13-15(2)11-12-16(18)21/h7-13,18-19H,6,14H2,1-5H3,(H,25,27)/t18-,19+/m0/s1. The van der Waals surface area contributed by atoms with E-state index in [-0.39, 0.29) is 18.2 Å². The molecule has 0 saturated carbocycles. The Hall–Kier alpha value is -2.61. The van der Waals surface area contributed by atoms with Gasteiger partial charge in [-0.25, -0.2) is 12.8 Å². The fourth-order valence-corrected chi connectivity index (χ4v) is 5.23. The number of ether oxygens (including phenoxy) is 1. The summed E-state index contributed by atoms with van der Waals surface area (Å²) in [5, 5.41) is 3.00. The van der Waals surface area contributed by atoms with E-state index in [0.717, 1.165) is 21.7 Å². The van der Waals surface area contributed by atoms with E-state index in [1.54, 1.807) is 13.0 Å². The molecule has 0 radical (unpaired) electrons. The molecule has 1 N–H and O–H groups in total. The number of sulfonamides is 1. The monoisotopic (exact) mass is 448 g/mol. The predicted molar refractivity (Wildman–Crippen MR) is 119 cm³/mol. The fraction of sp³-hybridized carbons (Fsp3) is 0.435. The van der Waals surface area contributed by atoms with E-state index in [2.05, 4.69) is 5.32 Å². The maximum atomic E-state index is 14.5. The summed E-state index contributed by atoms with van der Waals surface area (Å²) in [5.74, 6) is -0.485. The summed E-state index contributed by atoms with van der Waals surface area (Å²) < 4.78 is 46.6. The van der Waals surface area contributed by atoms with Crippen LogP contribution < -0.4 is 14.4 Å². The third-order valence-electron chi connectivity index (χ3n) is 5.36. The average molecular weight is 449 g/mol. The van der Waals surface area contributed by atoms with Crippen LogP contribution in [0.2, 0.25) is 0 Å². The van der Waals surface area contributed by atoms with Gasteiger partial charge in [0.05, 0.1) is 18.0 Å². The van der Waals surface area contributed by atoms with Gasteiger partial charge >= 0.3 is 0 Å². The van der Waals surface area contributed by atoms with Gasteiger partial charge in [0.15, 0.2) is 0 Å². The number of halogens is 1. The van der Waals surface area contributed by atoms with E-state index < -0.39 is 33.4 Å². The number of carbonyl (C=O) groups is 1. The molecule has 0 bridgehead atoms. The topological polar surface area (TPSA) is 75.7 Å². The van der Waals surface area contributed by atoms with Gasteiger partial charge in [0.2, 0.25) is 15.9 Å². The Morgan fingerprint density at radius 3 is 2.58 bits per heavy atom. The molecule has 1 amide bonds. The molecule has 31 heavy (non-hydrogen) atoms. The predicted octanol–water partition coefficient (Wildman–Crippen LogP) is 4.10. The van der Waals surface area contributed by atoms with E-state index in [9.17, 15) is 17.6 Å². The number of amides is 1. The van der Waals surface area contributed by atoms with Crippen molar-refractivity contribution in [2.45, 2.75) is 58.2 Å². The summed E-state index contributed by atoms with van der Waals surface area (Å²) >= 11 is 0. The van der Waals surface area contributed by atoms with Gasteiger partial charge in [-0.3, -0.25) is 9.10 Å². The van der Waals surface area contributed by atoms with Crippen LogP contribution in [0.4, 0.5) is 10.1 Å². The summed E-state index contributed by atoms with van der Waals surface area (Å²) in [6, 6.07) is 9.89. The van der Waals surface area contributed by atoms with Crippen LogP contribution in [0.1, 0.15) is 50.8 Å². The first-order chi connectivity index (χ1) is 14.4. The highest BCUT2D eigenvalue weighted by Crippen LogP contribution is 2.40. The molecule has 0 fully saturated rings. The lowest BCUT2D eigenvalue weighted by Gasteiger charge is -2.39. The molecule has 8 heteroatoms. The molecule has 2 aromatic carbocycles. The first kappa shape index (κ1) is 23.1. The van der Waals surface area contributed by atoms with Gasteiger partial charge < -0.3 is 10.1 Å². The Bertz CT molecular complexity index is 1080. The Kier molecular flexibility index (Phi) is 6.32. The second kappa shape index (κ2) is 8.49. The first-order valence-electron chi connectivity index (χ1n) is 10.3. The van der Waals surface area contributed by atoms with E-state index in [4.69, 9.17) is 4.74 Å². The molecule has 3 rings (SSSR count). The lowest BCUT2D eigenvalue weighted by Crippen LogP contribution is -2.51. The van der Waals surface area contributed by atoms with Gasteiger partial charge in [-0.15, -0.1) is 0 Å². The van der Waals surface area contributed by atoms with Crippen molar-refractivity contribution in [2.75, 3.05) is 10.6 Å². The quantitative estimate of drug-likeness (QED) is 0.722. The molecule has 2 atom stereocenters. The molecular formula is C23H29FN2O4S. The minimum absolute atomic E-state index is 0.143. The molecule has 0 spiro atoms. The number of anilines is 1. The third-order valence-corrected chi connectivity index (χ3v) is 6.53. The van der Waals surface area contributed by atoms with Crippen LogP contribution in [-0.2, 0) is 14.8 Å². The molecule has 168 valence electrons. The normalized spacial score (nSPS) is 18.5. The number of fused-ring (bicyclic) bond motifs is 1. The summed E-state index contributed by atoms with van der Waals surface area (Å²) in [6.07, 6.45) is 1.68. The SMILES string of the molecule is CC[C@H](C(=O)N[C@H]1CC(C)(C)Oc2cc(C)ccc21)N(c1ccccc1F)S(C)(=O)=O. The van der Waals surface area contributed by atoms with Gasteiger partial charge in [-0.2, -0.15) is 0 Å². The molecule has 0 saturated heterocycles. The van der Waals surface area contributed by atoms with E-state index in [1.807, 2.05) is 39.0 Å². The second-order valence-electron chi connectivity index (χ2n) is 8.60. The summed E-state index contributed by atoms with van der Waals surface area (Å²) in [7, 11) is -3.92. The zero-order valence-corrected chi connectivity index (χ0v) is 19.3. The summed E-state index contributed by atoms with van der Waals surface area (Å²) in [5.41, 5.74) is 1.22. The minimum Gasteiger partial charge on any atom is -0.487 e. The largest absolute Gasteiger partial charge is 0.487 e. The number of aryl methyl sites for hydroxylation is 1. The van der Waals surface area contributed by atoms with Gasteiger partial charge in [-0.1, -0.05) is 31.2 Å². The van der Waals surface area contributed by atoms with Crippen molar-refractivity contribution in [2.24, 2.45) is 0 Å². The Labute approximate surface area is 183 Å². The van der Waals surface area contributed by atoms with E-state index >= 15 is 0 Å². The van der Waals surface area contributed by atoms with Gasteiger partial charge in [0, 0.05) is 12.0 Å². The van der Waals surface area contributed by atoms with E-state index in [0.29, 0.717) is 12.2 Å². The number of nitrogens with zero attached hydrogens (tertiary/aromatic N) is 1. The van der Waals surface area contributed by atoms with Crippen molar-refractivity contribution in [1.82, 2.24) is 5.32 Å². The van der Waals surface area contributed by atoms with E-state index in [1.165, 1.54) is 18.2 Å². The number of benzene rings is 2. The zero-order valence-electron chi connectivity index (χ0n) is 18.5. The molecule has 0 unspecified atom stereocenters. The van der Waals surface area contributed by atoms with Gasteiger partial charge in [0.1, 0.15) is 23.2 Å². The molecule has 1 heterocycles. The van der Waals surface area contributed by atoms with Crippen LogP contribution in [0.15, 0.2) is 42.5 Å². The number of hydrogen-bond acceptors (Lipinski definition) is 4. The number of nitrogens with one attached hydrogen (secondary N) is 1. The first-order valence-corrected chi connectivity index (χ1v) is 12.1. The minimum atomic E-state index is -3.92. The second-order valence-corrected chi connectivity index (χ2v) is 10.5. The molecular weight excluding hydrogens is 419 g/mol. The molecule has 6 nitrogen and oxygen atoms in total. The van der Waals surface area contributed by atoms with Crippen molar-refractivity contribution in [3.05, 3.63) is 59.4 Å². The van der Waals surface area contributed by atoms with Gasteiger partial charge in [-0.05, 0) is 51.0 Å². The maximum Gasteiger partial charge on any atom is 0.244 e.